The van der Waals surface area contributed by atoms with Gasteiger partial charge in [0.2, 0.25) is 5.95 Å². The van der Waals surface area contributed by atoms with Gasteiger partial charge in [0, 0.05) is 38.3 Å². The summed E-state index contributed by atoms with van der Waals surface area (Å²) in [7, 11) is 5.20. The van der Waals surface area contributed by atoms with Crippen molar-refractivity contribution < 1.29 is 19.0 Å². The van der Waals surface area contributed by atoms with Gasteiger partial charge in [-0.1, -0.05) is 11.6 Å². The Labute approximate surface area is 219 Å². The lowest BCUT2D eigenvalue weighted by atomic mass is 10.2. The van der Waals surface area contributed by atoms with E-state index in [9.17, 15) is 4.79 Å². The number of primary amides is 1. The van der Waals surface area contributed by atoms with Gasteiger partial charge in [0.1, 0.15) is 22.3 Å². The number of ether oxygens (including phenoxy) is 3. The van der Waals surface area contributed by atoms with Crippen LogP contribution in [0.2, 0.25) is 5.02 Å². The Hall–Kier alpha value is -4.16. The number of nitrogens with zero attached hydrogens (tertiary/aromatic N) is 4. The van der Waals surface area contributed by atoms with Crippen molar-refractivity contribution >= 4 is 52.2 Å². The number of carbonyl (C=O) groups is 1. The van der Waals surface area contributed by atoms with E-state index in [1.807, 2.05) is 6.07 Å². The summed E-state index contributed by atoms with van der Waals surface area (Å²) in [6.45, 7) is 3.67. The van der Waals surface area contributed by atoms with Crippen LogP contribution in [-0.4, -0.2) is 68.4 Å². The van der Waals surface area contributed by atoms with E-state index in [1.165, 1.54) is 19.4 Å². The van der Waals surface area contributed by atoms with Gasteiger partial charge in [-0.3, -0.25) is 0 Å². The monoisotopic (exact) mass is 528 g/mol. The molecule has 3 aromatic rings. The van der Waals surface area contributed by atoms with Gasteiger partial charge >= 0.3 is 6.09 Å². The quantitative estimate of drug-likeness (QED) is 0.318. The van der Waals surface area contributed by atoms with Crippen LogP contribution in [0.25, 0.3) is 0 Å². The van der Waals surface area contributed by atoms with E-state index in [1.54, 1.807) is 25.3 Å². The third-order valence-electron chi connectivity index (χ3n) is 5.83. The number of aromatic nitrogens is 2. The molecule has 0 atom stereocenters. The Bertz CT molecular complexity index is 1280. The molecule has 2 heterocycles. The van der Waals surface area contributed by atoms with E-state index in [0.717, 1.165) is 31.9 Å². The Morgan fingerprint density at radius 1 is 1.03 bits per heavy atom. The number of likely N-dealkylation sites (N-methyl/N-ethyl adjacent to an activating group) is 1. The van der Waals surface area contributed by atoms with E-state index in [0.29, 0.717) is 28.6 Å². The molecular formula is C24H29ClN8O4. The first-order valence-corrected chi connectivity index (χ1v) is 11.8. The molecule has 0 unspecified atom stereocenters. The maximum Gasteiger partial charge on any atom is 0.409 e. The SMILES string of the molecule is COc1cc(N2CCN(C)CC2)c(N)cc1Nc1ncc(Cl)c(Nc2cc(OC(N)=O)ccc2OC)n1. The summed E-state index contributed by atoms with van der Waals surface area (Å²) in [4.78, 5) is 24.4. The number of halogens is 1. The highest BCUT2D eigenvalue weighted by atomic mass is 35.5. The maximum atomic E-state index is 11.1. The van der Waals surface area contributed by atoms with Crippen LogP contribution in [0.4, 0.5) is 39.3 Å². The molecular weight excluding hydrogens is 500 g/mol. The zero-order valence-corrected chi connectivity index (χ0v) is 21.5. The number of rotatable bonds is 8. The minimum absolute atomic E-state index is 0.222. The van der Waals surface area contributed by atoms with Gasteiger partial charge in [0.25, 0.3) is 0 Å². The largest absolute Gasteiger partial charge is 0.495 e. The number of carbonyl (C=O) groups excluding carboxylic acids is 1. The smallest absolute Gasteiger partial charge is 0.409 e. The van der Waals surface area contributed by atoms with E-state index in [4.69, 9.17) is 37.3 Å². The lowest BCUT2D eigenvalue weighted by molar-refractivity contribution is 0.211. The predicted octanol–water partition coefficient (Wildman–Crippen LogP) is 3.43. The van der Waals surface area contributed by atoms with Crippen molar-refractivity contribution in [3.8, 4) is 17.2 Å². The summed E-state index contributed by atoms with van der Waals surface area (Å²) in [5, 5.41) is 6.49. The number of hydrogen-bond acceptors (Lipinski definition) is 11. The van der Waals surface area contributed by atoms with Crippen LogP contribution in [0.1, 0.15) is 0 Å². The Morgan fingerprint density at radius 3 is 2.41 bits per heavy atom. The van der Waals surface area contributed by atoms with Crippen molar-refractivity contribution in [2.45, 2.75) is 0 Å². The lowest BCUT2D eigenvalue weighted by Crippen LogP contribution is -2.44. The second kappa shape index (κ2) is 11.3. The molecule has 13 heteroatoms. The van der Waals surface area contributed by atoms with Crippen LogP contribution in [0.5, 0.6) is 17.2 Å². The normalized spacial score (nSPS) is 13.7. The summed E-state index contributed by atoms with van der Waals surface area (Å²) in [5.74, 6) is 1.82. The van der Waals surface area contributed by atoms with Crippen LogP contribution < -0.4 is 41.2 Å². The highest BCUT2D eigenvalue weighted by molar-refractivity contribution is 6.33. The number of anilines is 6. The molecule has 37 heavy (non-hydrogen) atoms. The first kappa shape index (κ1) is 25.9. The number of nitrogens with two attached hydrogens (primary N) is 2. The van der Waals surface area contributed by atoms with Gasteiger partial charge < -0.3 is 46.1 Å². The Kier molecular flexibility index (Phi) is 7.89. The average molecular weight is 529 g/mol. The van der Waals surface area contributed by atoms with Crippen molar-refractivity contribution in [2.24, 2.45) is 5.73 Å². The molecule has 0 radical (unpaired) electrons. The van der Waals surface area contributed by atoms with Gasteiger partial charge in [0.05, 0.1) is 43.2 Å². The number of piperazine rings is 1. The van der Waals surface area contributed by atoms with Crippen molar-refractivity contribution in [1.82, 2.24) is 14.9 Å². The number of nitrogen functional groups attached to an aromatic ring is 1. The summed E-state index contributed by atoms with van der Waals surface area (Å²) in [6, 6.07) is 8.41. The number of benzene rings is 2. The number of hydrogen-bond donors (Lipinski definition) is 4. The molecule has 0 spiro atoms. The fourth-order valence-electron chi connectivity index (χ4n) is 3.90. The summed E-state index contributed by atoms with van der Waals surface area (Å²) < 4.78 is 16.0. The fraction of sp³-hybridized carbons (Fsp3) is 0.292. The molecule has 196 valence electrons. The van der Waals surface area contributed by atoms with E-state index < -0.39 is 6.09 Å². The molecule has 2 aromatic carbocycles. The topological polar surface area (TPSA) is 153 Å². The standard InChI is InChI=1S/C24H29ClN8O4/c1-32-6-8-33(9-7-32)19-12-21(36-3)18(11-16(19)26)30-24-28-13-15(25)22(31-24)29-17-10-14(37-23(27)34)4-5-20(17)35-2/h4-5,10-13H,6-9,26H2,1-3H3,(H2,27,34)(H2,28,29,30,31). The van der Waals surface area contributed by atoms with Crippen molar-refractivity contribution in [1.29, 1.82) is 0 Å². The molecule has 1 aromatic heterocycles. The molecule has 4 rings (SSSR count). The average Bonchev–Trinajstić information content (AvgIpc) is 2.87. The number of nitrogens with one attached hydrogen (secondary N) is 2. The third-order valence-corrected chi connectivity index (χ3v) is 6.10. The molecule has 6 N–H and O–H groups in total. The molecule has 1 saturated heterocycles. The van der Waals surface area contributed by atoms with Crippen LogP contribution >= 0.6 is 11.6 Å². The molecule has 1 amide bonds. The first-order chi connectivity index (χ1) is 17.8. The van der Waals surface area contributed by atoms with Gasteiger partial charge in [-0.05, 0) is 25.2 Å². The predicted molar refractivity (Wildman–Crippen MR) is 144 cm³/mol. The van der Waals surface area contributed by atoms with Crippen LogP contribution in [-0.2, 0) is 0 Å². The highest BCUT2D eigenvalue weighted by Crippen LogP contribution is 2.38. The molecule has 1 fully saturated rings. The molecule has 0 bridgehead atoms. The van der Waals surface area contributed by atoms with Crippen molar-refractivity contribution in [2.75, 3.05) is 68.7 Å². The molecule has 1 aliphatic rings. The van der Waals surface area contributed by atoms with Crippen LogP contribution in [0, 0.1) is 0 Å². The highest BCUT2D eigenvalue weighted by Gasteiger charge is 2.19. The van der Waals surface area contributed by atoms with Gasteiger partial charge in [0.15, 0.2) is 5.82 Å². The minimum Gasteiger partial charge on any atom is -0.495 e. The second-order valence-electron chi connectivity index (χ2n) is 8.32. The summed E-state index contributed by atoms with van der Waals surface area (Å²) >= 11 is 6.35. The zero-order valence-electron chi connectivity index (χ0n) is 20.7. The Morgan fingerprint density at radius 2 is 1.73 bits per heavy atom. The molecule has 12 nitrogen and oxygen atoms in total. The van der Waals surface area contributed by atoms with E-state index >= 15 is 0 Å². The van der Waals surface area contributed by atoms with Crippen LogP contribution in [0.3, 0.4) is 0 Å². The zero-order chi connectivity index (χ0) is 26.5. The lowest BCUT2D eigenvalue weighted by Gasteiger charge is -2.35. The van der Waals surface area contributed by atoms with E-state index in [-0.39, 0.29) is 22.5 Å². The van der Waals surface area contributed by atoms with Gasteiger partial charge in [-0.2, -0.15) is 4.98 Å². The van der Waals surface area contributed by atoms with Crippen molar-refractivity contribution in [3.63, 3.8) is 0 Å². The molecule has 0 aliphatic carbocycles. The van der Waals surface area contributed by atoms with Gasteiger partial charge in [-0.15, -0.1) is 0 Å². The minimum atomic E-state index is -0.936. The first-order valence-electron chi connectivity index (χ1n) is 11.4. The molecule has 1 aliphatic heterocycles. The van der Waals surface area contributed by atoms with Crippen molar-refractivity contribution in [3.05, 3.63) is 41.6 Å². The number of amides is 1. The summed E-state index contributed by atoms with van der Waals surface area (Å²) in [5.41, 5.74) is 14.1. The Balaban J connectivity index is 1.59. The second-order valence-corrected chi connectivity index (χ2v) is 8.73. The van der Waals surface area contributed by atoms with Crippen LogP contribution in [0.15, 0.2) is 36.5 Å². The third kappa shape index (κ3) is 6.16. The summed E-state index contributed by atoms with van der Waals surface area (Å²) in [6.07, 6.45) is 0.513. The van der Waals surface area contributed by atoms with Gasteiger partial charge in [-0.25, -0.2) is 9.78 Å². The van der Waals surface area contributed by atoms with E-state index in [2.05, 4.69) is 37.4 Å². The molecule has 0 saturated carbocycles. The fourth-order valence-corrected chi connectivity index (χ4v) is 4.04. The number of methoxy groups -OCH3 is 2. The maximum absolute atomic E-state index is 11.1.